The third kappa shape index (κ3) is 2.77. The second-order valence-electron chi connectivity index (χ2n) is 2.65. The van der Waals surface area contributed by atoms with Crippen molar-refractivity contribution in [3.05, 3.63) is 24.0 Å². The molecule has 80 valence electrons. The van der Waals surface area contributed by atoms with E-state index in [1.165, 1.54) is 0 Å². The first-order chi connectivity index (χ1) is 7.25. The summed E-state index contributed by atoms with van der Waals surface area (Å²) >= 11 is 0. The molecule has 0 aromatic carbocycles. The maximum atomic E-state index is 5.31. The van der Waals surface area contributed by atoms with Gasteiger partial charge in [0.2, 0.25) is 0 Å². The summed E-state index contributed by atoms with van der Waals surface area (Å²) in [5.74, 6) is 0.528. The van der Waals surface area contributed by atoms with Crippen LogP contribution in [-0.4, -0.2) is 15.1 Å². The molecule has 5 heteroatoms. The molecule has 0 radical (unpaired) electrons. The predicted molar refractivity (Wildman–Crippen MR) is 58.0 cm³/mol. The van der Waals surface area contributed by atoms with Gasteiger partial charge < -0.3 is 10.3 Å². The van der Waals surface area contributed by atoms with Crippen LogP contribution in [0.3, 0.4) is 0 Å². The summed E-state index contributed by atoms with van der Waals surface area (Å²) in [5, 5.41) is 3.48. The molecule has 2 rings (SSSR count). The SMILES string of the molecule is CC.Cc1ccc(-c2nc(N)no2)cn1. The second kappa shape index (κ2) is 5.09. The Morgan fingerprint density at radius 3 is 2.47 bits per heavy atom. The quantitative estimate of drug-likeness (QED) is 0.772. The lowest BCUT2D eigenvalue weighted by Crippen LogP contribution is -1.86. The number of hydrogen-bond acceptors (Lipinski definition) is 5. The predicted octanol–water partition coefficient (Wildman–Crippen LogP) is 2.05. The molecular weight excluding hydrogens is 192 g/mol. The number of pyridine rings is 1. The van der Waals surface area contributed by atoms with Crippen LogP contribution in [0.25, 0.3) is 11.5 Å². The van der Waals surface area contributed by atoms with E-state index in [4.69, 9.17) is 10.3 Å². The van der Waals surface area contributed by atoms with Crippen molar-refractivity contribution in [3.8, 4) is 11.5 Å². The normalized spacial score (nSPS) is 9.27. The van der Waals surface area contributed by atoms with Crippen LogP contribution in [0.2, 0.25) is 0 Å². The Kier molecular flexibility index (Phi) is 3.79. The molecule has 0 amide bonds. The summed E-state index contributed by atoms with van der Waals surface area (Å²) in [6.07, 6.45) is 1.67. The molecule has 0 unspecified atom stereocenters. The van der Waals surface area contributed by atoms with Crippen molar-refractivity contribution in [1.82, 2.24) is 15.1 Å². The minimum absolute atomic E-state index is 0.135. The maximum absolute atomic E-state index is 5.31. The lowest BCUT2D eigenvalue weighted by atomic mass is 10.2. The number of aryl methyl sites for hydroxylation is 1. The van der Waals surface area contributed by atoms with Crippen LogP contribution in [0.15, 0.2) is 22.9 Å². The summed E-state index contributed by atoms with van der Waals surface area (Å²) in [7, 11) is 0. The number of hydrogen-bond donors (Lipinski definition) is 1. The Hall–Kier alpha value is -1.91. The topological polar surface area (TPSA) is 77.8 Å². The van der Waals surface area contributed by atoms with Gasteiger partial charge in [0.15, 0.2) is 0 Å². The molecule has 2 heterocycles. The Morgan fingerprint density at radius 1 is 1.27 bits per heavy atom. The Morgan fingerprint density at radius 2 is 2.00 bits per heavy atom. The Balaban J connectivity index is 0.000000531. The minimum atomic E-state index is 0.135. The van der Waals surface area contributed by atoms with Gasteiger partial charge in [0.1, 0.15) is 0 Å². The first-order valence-corrected chi connectivity index (χ1v) is 4.78. The zero-order valence-corrected chi connectivity index (χ0v) is 9.06. The van der Waals surface area contributed by atoms with Crippen molar-refractivity contribution in [2.45, 2.75) is 20.8 Å². The molecule has 0 spiro atoms. The van der Waals surface area contributed by atoms with E-state index < -0.39 is 0 Å². The lowest BCUT2D eigenvalue weighted by molar-refractivity contribution is 0.433. The van der Waals surface area contributed by atoms with Gasteiger partial charge in [0.25, 0.3) is 11.8 Å². The van der Waals surface area contributed by atoms with Gasteiger partial charge in [0, 0.05) is 11.9 Å². The number of nitrogens with zero attached hydrogens (tertiary/aromatic N) is 3. The van der Waals surface area contributed by atoms with Gasteiger partial charge in [-0.25, -0.2) is 0 Å². The van der Waals surface area contributed by atoms with Crippen molar-refractivity contribution >= 4 is 5.95 Å². The van der Waals surface area contributed by atoms with Crippen LogP contribution >= 0.6 is 0 Å². The van der Waals surface area contributed by atoms with Crippen molar-refractivity contribution in [2.24, 2.45) is 0 Å². The number of anilines is 1. The molecule has 5 nitrogen and oxygen atoms in total. The molecule has 0 atom stereocenters. The Bertz CT molecular complexity index is 408. The van der Waals surface area contributed by atoms with Crippen LogP contribution in [0.1, 0.15) is 19.5 Å². The van der Waals surface area contributed by atoms with Crippen molar-refractivity contribution < 1.29 is 4.52 Å². The van der Waals surface area contributed by atoms with Crippen LogP contribution in [0.4, 0.5) is 5.95 Å². The summed E-state index contributed by atoms with van der Waals surface area (Å²) in [5.41, 5.74) is 7.02. The molecule has 2 N–H and O–H groups in total. The molecule has 0 saturated heterocycles. The van der Waals surface area contributed by atoms with E-state index >= 15 is 0 Å². The molecule has 0 saturated carbocycles. The lowest BCUT2D eigenvalue weighted by Gasteiger charge is -1.93. The third-order valence-electron chi connectivity index (χ3n) is 1.60. The standard InChI is InChI=1S/C8H8N4O.C2H6/c1-5-2-3-6(4-10-5)7-11-8(9)12-13-7;1-2/h2-4H,1H3,(H2,9,12);1-2H3. The fourth-order valence-electron chi connectivity index (χ4n) is 0.946. The fraction of sp³-hybridized carbons (Fsp3) is 0.300. The molecule has 0 fully saturated rings. The first kappa shape index (κ1) is 11.2. The highest BCUT2D eigenvalue weighted by atomic mass is 16.5. The van der Waals surface area contributed by atoms with Crippen molar-refractivity contribution in [1.29, 1.82) is 0 Å². The molecule has 0 aliphatic carbocycles. The third-order valence-corrected chi connectivity index (χ3v) is 1.60. The van der Waals surface area contributed by atoms with E-state index in [0.29, 0.717) is 5.89 Å². The van der Waals surface area contributed by atoms with Crippen LogP contribution in [-0.2, 0) is 0 Å². The maximum Gasteiger partial charge on any atom is 0.261 e. The number of rotatable bonds is 1. The monoisotopic (exact) mass is 206 g/mol. The zero-order valence-electron chi connectivity index (χ0n) is 9.06. The smallest absolute Gasteiger partial charge is 0.261 e. The molecular formula is C10H14N4O. The van der Waals surface area contributed by atoms with Gasteiger partial charge in [-0.05, 0) is 24.2 Å². The molecule has 0 aliphatic rings. The van der Waals surface area contributed by atoms with Crippen molar-refractivity contribution in [2.75, 3.05) is 5.73 Å². The summed E-state index contributed by atoms with van der Waals surface area (Å²) in [6.45, 7) is 5.91. The van der Waals surface area contributed by atoms with E-state index in [2.05, 4.69) is 15.1 Å². The highest BCUT2D eigenvalue weighted by Gasteiger charge is 2.05. The van der Waals surface area contributed by atoms with Gasteiger partial charge in [-0.2, -0.15) is 4.98 Å². The van der Waals surface area contributed by atoms with Crippen LogP contribution < -0.4 is 5.73 Å². The van der Waals surface area contributed by atoms with Crippen molar-refractivity contribution in [3.63, 3.8) is 0 Å². The zero-order chi connectivity index (χ0) is 11.3. The van der Waals surface area contributed by atoms with E-state index in [1.54, 1.807) is 6.20 Å². The van der Waals surface area contributed by atoms with Gasteiger partial charge in [-0.15, -0.1) is 0 Å². The first-order valence-electron chi connectivity index (χ1n) is 4.78. The van der Waals surface area contributed by atoms with Gasteiger partial charge in [-0.3, -0.25) is 4.98 Å². The van der Waals surface area contributed by atoms with Crippen LogP contribution in [0, 0.1) is 6.92 Å². The van der Waals surface area contributed by atoms with E-state index in [9.17, 15) is 0 Å². The second-order valence-corrected chi connectivity index (χ2v) is 2.65. The highest BCUT2D eigenvalue weighted by Crippen LogP contribution is 2.16. The minimum Gasteiger partial charge on any atom is -0.365 e. The molecule has 15 heavy (non-hydrogen) atoms. The molecule has 0 aliphatic heterocycles. The van der Waals surface area contributed by atoms with E-state index in [0.717, 1.165) is 11.3 Å². The average molecular weight is 206 g/mol. The van der Waals surface area contributed by atoms with Gasteiger partial charge in [0.05, 0.1) is 5.56 Å². The summed E-state index contributed by atoms with van der Waals surface area (Å²) in [6, 6.07) is 3.73. The van der Waals surface area contributed by atoms with E-state index in [1.807, 2.05) is 32.9 Å². The summed E-state index contributed by atoms with van der Waals surface area (Å²) < 4.78 is 4.86. The molecule has 0 bridgehead atoms. The average Bonchev–Trinajstić information content (AvgIpc) is 2.69. The highest BCUT2D eigenvalue weighted by molar-refractivity contribution is 5.52. The molecule has 2 aromatic heterocycles. The van der Waals surface area contributed by atoms with E-state index in [-0.39, 0.29) is 5.95 Å². The van der Waals surface area contributed by atoms with Crippen LogP contribution in [0.5, 0.6) is 0 Å². The van der Waals surface area contributed by atoms with Gasteiger partial charge >= 0.3 is 0 Å². The molecule has 2 aromatic rings. The summed E-state index contributed by atoms with van der Waals surface area (Å²) in [4.78, 5) is 7.97. The number of aromatic nitrogens is 3. The fourth-order valence-corrected chi connectivity index (χ4v) is 0.946. The number of nitrogen functional groups attached to an aromatic ring is 1. The number of nitrogens with two attached hydrogens (primary N) is 1. The largest absolute Gasteiger partial charge is 0.365 e. The Labute approximate surface area is 88.3 Å². The van der Waals surface area contributed by atoms with Gasteiger partial charge in [-0.1, -0.05) is 13.8 Å².